The van der Waals surface area contributed by atoms with Gasteiger partial charge in [0.05, 0.1) is 32.7 Å². The van der Waals surface area contributed by atoms with Gasteiger partial charge < -0.3 is 20.2 Å². The maximum Gasteiger partial charge on any atom is 0.242 e. The normalized spacial score (nSPS) is 10.1. The van der Waals surface area contributed by atoms with Crippen LogP contribution < -0.4 is 25.6 Å². The smallest absolute Gasteiger partial charge is 0.242 e. The van der Waals surface area contributed by atoms with E-state index in [4.69, 9.17) is 9.47 Å². The molecule has 0 fully saturated rings. The van der Waals surface area contributed by atoms with Gasteiger partial charge >= 0.3 is 0 Å². The number of hydrogen-bond donors (Lipinski definition) is 3. The minimum absolute atomic E-state index is 0.0492. The fourth-order valence-corrected chi connectivity index (χ4v) is 2.40. The standard InChI is InChI=1S/C20H21F2N3O4/c1-12(8-19(26)23-16-6-5-14(21)11-15(16)22)24-25-20(27)10-13-4-7-17(28-2)18(9-13)29-3/h4-7,9,11,24H,1,8,10H2,2-3H3,(H,23,26)(H,25,27). The highest BCUT2D eigenvalue weighted by atomic mass is 19.1. The van der Waals surface area contributed by atoms with Crippen molar-refractivity contribution in [2.75, 3.05) is 19.5 Å². The lowest BCUT2D eigenvalue weighted by atomic mass is 10.1. The molecule has 2 aromatic carbocycles. The summed E-state index contributed by atoms with van der Waals surface area (Å²) in [5.74, 6) is -1.54. The van der Waals surface area contributed by atoms with E-state index in [0.29, 0.717) is 23.1 Å². The lowest BCUT2D eigenvalue weighted by molar-refractivity contribution is -0.121. The van der Waals surface area contributed by atoms with Crippen LogP contribution in [0.15, 0.2) is 48.7 Å². The van der Waals surface area contributed by atoms with Crippen molar-refractivity contribution < 1.29 is 27.8 Å². The molecule has 0 bridgehead atoms. The van der Waals surface area contributed by atoms with Crippen LogP contribution in [0.25, 0.3) is 0 Å². The molecule has 0 saturated carbocycles. The van der Waals surface area contributed by atoms with E-state index in [9.17, 15) is 18.4 Å². The molecule has 0 spiro atoms. The third kappa shape index (κ3) is 6.49. The Kier molecular flexibility index (Phi) is 7.53. The summed E-state index contributed by atoms with van der Waals surface area (Å²) in [6.07, 6.45) is -0.179. The van der Waals surface area contributed by atoms with Gasteiger partial charge in [-0.3, -0.25) is 15.0 Å². The third-order valence-electron chi connectivity index (χ3n) is 3.77. The molecule has 29 heavy (non-hydrogen) atoms. The molecule has 2 amide bonds. The Morgan fingerprint density at radius 2 is 1.69 bits per heavy atom. The van der Waals surface area contributed by atoms with Crippen molar-refractivity contribution in [3.8, 4) is 11.5 Å². The number of amides is 2. The van der Waals surface area contributed by atoms with Crippen LogP contribution in [0.1, 0.15) is 12.0 Å². The van der Waals surface area contributed by atoms with Gasteiger partial charge in [0.15, 0.2) is 11.5 Å². The van der Waals surface area contributed by atoms with Crippen molar-refractivity contribution in [2.45, 2.75) is 12.8 Å². The summed E-state index contributed by atoms with van der Waals surface area (Å²) in [6, 6.07) is 7.89. The molecular weight excluding hydrogens is 384 g/mol. The summed E-state index contributed by atoms with van der Waals surface area (Å²) in [4.78, 5) is 24.0. The second-order valence-corrected chi connectivity index (χ2v) is 5.99. The first-order valence-corrected chi connectivity index (χ1v) is 8.50. The average Bonchev–Trinajstić information content (AvgIpc) is 2.68. The number of anilines is 1. The Labute approximate surface area is 166 Å². The summed E-state index contributed by atoms with van der Waals surface area (Å²) < 4.78 is 36.7. The summed E-state index contributed by atoms with van der Waals surface area (Å²) in [6.45, 7) is 3.62. The second-order valence-electron chi connectivity index (χ2n) is 5.99. The van der Waals surface area contributed by atoms with E-state index >= 15 is 0 Å². The zero-order valence-corrected chi connectivity index (χ0v) is 16.0. The van der Waals surface area contributed by atoms with Gasteiger partial charge in [0.1, 0.15) is 11.6 Å². The predicted molar refractivity (Wildman–Crippen MR) is 103 cm³/mol. The maximum absolute atomic E-state index is 13.5. The molecule has 0 aliphatic heterocycles. The van der Waals surface area contributed by atoms with Crippen LogP contribution in [0, 0.1) is 11.6 Å². The second kappa shape index (κ2) is 10.1. The number of hydrazine groups is 1. The molecule has 0 atom stereocenters. The van der Waals surface area contributed by atoms with Crippen molar-refractivity contribution in [3.05, 3.63) is 65.9 Å². The summed E-state index contributed by atoms with van der Waals surface area (Å²) in [5, 5.41) is 2.30. The number of halogens is 2. The van der Waals surface area contributed by atoms with Gasteiger partial charge in [-0.05, 0) is 29.8 Å². The van der Waals surface area contributed by atoms with E-state index in [1.807, 2.05) is 0 Å². The fraction of sp³-hybridized carbons (Fsp3) is 0.200. The minimum Gasteiger partial charge on any atom is -0.493 e. The quantitative estimate of drug-likeness (QED) is 0.559. The third-order valence-corrected chi connectivity index (χ3v) is 3.77. The van der Waals surface area contributed by atoms with Crippen molar-refractivity contribution >= 4 is 17.5 Å². The Bertz CT molecular complexity index is 919. The molecule has 0 radical (unpaired) electrons. The molecule has 7 nitrogen and oxygen atoms in total. The zero-order valence-electron chi connectivity index (χ0n) is 16.0. The Morgan fingerprint density at radius 3 is 2.34 bits per heavy atom. The van der Waals surface area contributed by atoms with Gasteiger partial charge in [0, 0.05) is 11.8 Å². The van der Waals surface area contributed by atoms with Crippen LogP contribution in [0.5, 0.6) is 11.5 Å². The molecule has 0 saturated heterocycles. The summed E-state index contributed by atoms with van der Waals surface area (Å²) >= 11 is 0. The van der Waals surface area contributed by atoms with Gasteiger partial charge in [-0.15, -0.1) is 0 Å². The predicted octanol–water partition coefficient (Wildman–Crippen LogP) is 2.69. The maximum atomic E-state index is 13.5. The number of rotatable bonds is 9. The van der Waals surface area contributed by atoms with Crippen LogP contribution in [0.3, 0.4) is 0 Å². The van der Waals surface area contributed by atoms with Gasteiger partial charge in [-0.1, -0.05) is 12.6 Å². The van der Waals surface area contributed by atoms with E-state index in [0.717, 1.165) is 12.1 Å². The topological polar surface area (TPSA) is 88.7 Å². The van der Waals surface area contributed by atoms with E-state index in [-0.39, 0.29) is 30.1 Å². The van der Waals surface area contributed by atoms with Crippen LogP contribution in [-0.2, 0) is 16.0 Å². The molecule has 2 rings (SSSR count). The van der Waals surface area contributed by atoms with E-state index < -0.39 is 17.5 Å². The largest absolute Gasteiger partial charge is 0.493 e. The highest BCUT2D eigenvalue weighted by Gasteiger charge is 2.11. The van der Waals surface area contributed by atoms with Crippen LogP contribution in [0.4, 0.5) is 14.5 Å². The molecule has 9 heteroatoms. The van der Waals surface area contributed by atoms with Crippen molar-refractivity contribution in [1.29, 1.82) is 0 Å². The van der Waals surface area contributed by atoms with Crippen molar-refractivity contribution in [2.24, 2.45) is 0 Å². The average molecular weight is 405 g/mol. The van der Waals surface area contributed by atoms with Crippen molar-refractivity contribution in [1.82, 2.24) is 10.9 Å². The van der Waals surface area contributed by atoms with Crippen molar-refractivity contribution in [3.63, 3.8) is 0 Å². The molecule has 0 unspecified atom stereocenters. The van der Waals surface area contributed by atoms with Gasteiger partial charge in [0.2, 0.25) is 11.8 Å². The molecule has 3 N–H and O–H groups in total. The SMILES string of the molecule is C=C(CC(=O)Nc1ccc(F)cc1F)NNC(=O)Cc1ccc(OC)c(OC)c1. The summed E-state index contributed by atoms with van der Waals surface area (Å²) in [7, 11) is 3.01. The van der Waals surface area contributed by atoms with E-state index in [2.05, 4.69) is 22.7 Å². The number of benzene rings is 2. The Hall–Kier alpha value is -3.62. The Morgan fingerprint density at radius 1 is 0.966 bits per heavy atom. The van der Waals surface area contributed by atoms with E-state index in [1.165, 1.54) is 14.2 Å². The lowest BCUT2D eigenvalue weighted by Crippen LogP contribution is -2.38. The monoisotopic (exact) mass is 405 g/mol. The molecule has 0 aliphatic carbocycles. The Balaban J connectivity index is 1.81. The van der Waals surface area contributed by atoms with Gasteiger partial charge in [-0.25, -0.2) is 8.78 Å². The highest BCUT2D eigenvalue weighted by molar-refractivity contribution is 5.92. The van der Waals surface area contributed by atoms with Crippen LogP contribution in [0.2, 0.25) is 0 Å². The van der Waals surface area contributed by atoms with Crippen LogP contribution >= 0.6 is 0 Å². The number of hydrogen-bond acceptors (Lipinski definition) is 5. The highest BCUT2D eigenvalue weighted by Crippen LogP contribution is 2.27. The first kappa shape index (κ1) is 21.7. The van der Waals surface area contributed by atoms with E-state index in [1.54, 1.807) is 18.2 Å². The molecule has 0 heterocycles. The summed E-state index contributed by atoms with van der Waals surface area (Å²) in [5.41, 5.74) is 5.68. The number of ether oxygens (including phenoxy) is 2. The number of nitrogens with one attached hydrogen (secondary N) is 3. The molecular formula is C20H21F2N3O4. The lowest BCUT2D eigenvalue weighted by Gasteiger charge is -2.13. The zero-order chi connectivity index (χ0) is 21.4. The number of carbonyl (C=O) groups excluding carboxylic acids is 2. The molecule has 154 valence electrons. The first-order valence-electron chi connectivity index (χ1n) is 8.50. The molecule has 0 aromatic heterocycles. The minimum atomic E-state index is -0.889. The van der Waals surface area contributed by atoms with Crippen LogP contribution in [-0.4, -0.2) is 26.0 Å². The number of carbonyl (C=O) groups is 2. The van der Waals surface area contributed by atoms with Gasteiger partial charge in [-0.2, -0.15) is 0 Å². The number of methoxy groups -OCH3 is 2. The first-order chi connectivity index (χ1) is 13.8. The molecule has 2 aromatic rings. The van der Waals surface area contributed by atoms with Gasteiger partial charge in [0.25, 0.3) is 0 Å². The fourth-order valence-electron chi connectivity index (χ4n) is 2.40. The molecule has 0 aliphatic rings.